The number of aliphatic imine (C=N–C) groups is 1. The molecular formula is C7H12BNO2. The molecule has 3 nitrogen and oxygen atoms in total. The summed E-state index contributed by atoms with van der Waals surface area (Å²) in [6, 6.07) is -0.0175. The van der Waals surface area contributed by atoms with Gasteiger partial charge < -0.3 is 9.45 Å². The van der Waals surface area contributed by atoms with Crippen molar-refractivity contribution in [1.82, 2.24) is 0 Å². The first-order chi connectivity index (χ1) is 5.22. The van der Waals surface area contributed by atoms with Gasteiger partial charge in [0.25, 0.3) is 0 Å². The monoisotopic (exact) mass is 153 g/mol. The highest BCUT2D eigenvalue weighted by Crippen LogP contribution is 2.08. The van der Waals surface area contributed by atoms with Crippen LogP contribution in [0.15, 0.2) is 4.99 Å². The van der Waals surface area contributed by atoms with Gasteiger partial charge in [0, 0.05) is 6.42 Å². The SMILES string of the molecule is [B]OC=N[C@H](CC=O)C(C)C. The van der Waals surface area contributed by atoms with Crippen LogP contribution in [0.4, 0.5) is 0 Å². The van der Waals surface area contributed by atoms with E-state index in [4.69, 9.17) is 8.05 Å². The molecule has 0 spiro atoms. The summed E-state index contributed by atoms with van der Waals surface area (Å²) in [5.74, 6) is 0.326. The molecular weight excluding hydrogens is 141 g/mol. The molecule has 0 aromatic carbocycles. The van der Waals surface area contributed by atoms with Gasteiger partial charge in [-0.2, -0.15) is 0 Å². The molecule has 2 radical (unpaired) electrons. The molecule has 1 atom stereocenters. The first-order valence-electron chi connectivity index (χ1n) is 3.53. The molecule has 0 bridgehead atoms. The van der Waals surface area contributed by atoms with Gasteiger partial charge >= 0.3 is 8.05 Å². The lowest BCUT2D eigenvalue weighted by atomic mass is 10.0. The molecule has 0 saturated heterocycles. The molecule has 0 aromatic heterocycles. The van der Waals surface area contributed by atoms with Crippen molar-refractivity contribution in [2.24, 2.45) is 10.9 Å². The third-order valence-electron chi connectivity index (χ3n) is 1.42. The van der Waals surface area contributed by atoms with Gasteiger partial charge in [0.05, 0.1) is 6.04 Å². The number of hydrogen-bond acceptors (Lipinski definition) is 3. The molecule has 0 heterocycles. The Hall–Kier alpha value is -0.795. The Morgan fingerprint density at radius 1 is 1.64 bits per heavy atom. The Balaban J connectivity index is 3.88. The van der Waals surface area contributed by atoms with E-state index in [-0.39, 0.29) is 6.04 Å². The van der Waals surface area contributed by atoms with Gasteiger partial charge in [0.15, 0.2) is 6.40 Å². The van der Waals surface area contributed by atoms with Crippen LogP contribution >= 0.6 is 0 Å². The van der Waals surface area contributed by atoms with Crippen molar-refractivity contribution >= 4 is 20.7 Å². The molecule has 0 rings (SSSR count). The van der Waals surface area contributed by atoms with E-state index in [1.165, 1.54) is 0 Å². The Labute approximate surface area is 68.3 Å². The zero-order valence-corrected chi connectivity index (χ0v) is 6.86. The Bertz CT molecular complexity index is 136. The van der Waals surface area contributed by atoms with E-state index < -0.39 is 0 Å². The highest BCUT2D eigenvalue weighted by molar-refractivity contribution is 6.02. The quantitative estimate of drug-likeness (QED) is 0.252. The second-order valence-corrected chi connectivity index (χ2v) is 2.60. The van der Waals surface area contributed by atoms with Crippen molar-refractivity contribution in [3.05, 3.63) is 0 Å². The summed E-state index contributed by atoms with van der Waals surface area (Å²) in [7, 11) is 4.74. The average molecular weight is 153 g/mol. The minimum absolute atomic E-state index is 0.0175. The van der Waals surface area contributed by atoms with Gasteiger partial charge in [-0.15, -0.1) is 0 Å². The van der Waals surface area contributed by atoms with E-state index in [1.807, 2.05) is 13.8 Å². The maximum Gasteiger partial charge on any atom is 0.375 e. The minimum Gasteiger partial charge on any atom is -0.560 e. The number of aldehydes is 1. The number of carbonyl (C=O) groups excluding carboxylic acids is 1. The normalized spacial score (nSPS) is 13.7. The van der Waals surface area contributed by atoms with Crippen LogP contribution in [0.3, 0.4) is 0 Å². The molecule has 4 heteroatoms. The van der Waals surface area contributed by atoms with Crippen molar-refractivity contribution in [3.8, 4) is 0 Å². The lowest BCUT2D eigenvalue weighted by Crippen LogP contribution is -2.13. The number of nitrogens with zero attached hydrogens (tertiary/aromatic N) is 1. The van der Waals surface area contributed by atoms with Crippen LogP contribution in [0.5, 0.6) is 0 Å². The molecule has 0 aliphatic heterocycles. The van der Waals surface area contributed by atoms with Crippen molar-refractivity contribution in [1.29, 1.82) is 0 Å². The summed E-state index contributed by atoms with van der Waals surface area (Å²) >= 11 is 0. The van der Waals surface area contributed by atoms with Crippen LogP contribution < -0.4 is 0 Å². The van der Waals surface area contributed by atoms with Gasteiger partial charge in [0.1, 0.15) is 6.29 Å². The first-order valence-corrected chi connectivity index (χ1v) is 3.53. The Morgan fingerprint density at radius 2 is 2.27 bits per heavy atom. The highest BCUT2D eigenvalue weighted by atomic mass is 16.4. The predicted molar refractivity (Wildman–Crippen MR) is 44.6 cm³/mol. The van der Waals surface area contributed by atoms with E-state index >= 15 is 0 Å². The van der Waals surface area contributed by atoms with Crippen LogP contribution in [0, 0.1) is 5.92 Å². The fourth-order valence-corrected chi connectivity index (χ4v) is 0.717. The molecule has 60 valence electrons. The summed E-state index contributed by atoms with van der Waals surface area (Å²) in [6.45, 7) is 3.98. The molecule has 0 fully saturated rings. The van der Waals surface area contributed by atoms with Crippen molar-refractivity contribution in [3.63, 3.8) is 0 Å². The van der Waals surface area contributed by atoms with Gasteiger partial charge in [-0.3, -0.25) is 4.99 Å². The van der Waals surface area contributed by atoms with Gasteiger partial charge in [0.2, 0.25) is 0 Å². The van der Waals surface area contributed by atoms with E-state index in [1.54, 1.807) is 0 Å². The first kappa shape index (κ1) is 10.2. The fourth-order valence-electron chi connectivity index (χ4n) is 0.717. The van der Waals surface area contributed by atoms with E-state index in [2.05, 4.69) is 9.65 Å². The molecule has 0 aromatic rings. The Morgan fingerprint density at radius 3 is 2.64 bits per heavy atom. The van der Waals surface area contributed by atoms with Gasteiger partial charge in [-0.1, -0.05) is 13.8 Å². The van der Waals surface area contributed by atoms with Crippen LogP contribution in [0.25, 0.3) is 0 Å². The smallest absolute Gasteiger partial charge is 0.375 e. The maximum absolute atomic E-state index is 10.1. The average Bonchev–Trinajstić information content (AvgIpc) is 1.97. The Kier molecular flexibility index (Phi) is 5.52. The summed E-state index contributed by atoms with van der Waals surface area (Å²) in [5.41, 5.74) is 0. The maximum atomic E-state index is 10.1. The van der Waals surface area contributed by atoms with Crippen LogP contribution in [-0.2, 0) is 9.45 Å². The summed E-state index contributed by atoms with van der Waals surface area (Å²) in [4.78, 5) is 14.1. The van der Waals surface area contributed by atoms with Gasteiger partial charge in [-0.25, -0.2) is 0 Å². The number of rotatable bonds is 5. The molecule has 0 unspecified atom stereocenters. The summed E-state index contributed by atoms with van der Waals surface area (Å²) in [6.07, 6.45) is 2.42. The minimum atomic E-state index is -0.0175. The van der Waals surface area contributed by atoms with Crippen LogP contribution in [0.1, 0.15) is 20.3 Å². The van der Waals surface area contributed by atoms with Crippen LogP contribution in [0.2, 0.25) is 0 Å². The molecule has 0 aliphatic rings. The van der Waals surface area contributed by atoms with Crippen molar-refractivity contribution in [2.75, 3.05) is 0 Å². The van der Waals surface area contributed by atoms with Gasteiger partial charge in [-0.05, 0) is 5.92 Å². The number of hydrogen-bond donors (Lipinski definition) is 0. The molecule has 0 saturated carbocycles. The highest BCUT2D eigenvalue weighted by Gasteiger charge is 2.09. The standard InChI is InChI=1S/C7H12BNO2/c1-6(2)7(3-4-10)9-5-11-8/h4-7H,3H2,1-2H3/t7-/m1/s1. The summed E-state index contributed by atoms with van der Waals surface area (Å²) < 4.78 is 4.16. The molecule has 0 aliphatic carbocycles. The lowest BCUT2D eigenvalue weighted by molar-refractivity contribution is -0.108. The third kappa shape index (κ3) is 4.59. The largest absolute Gasteiger partial charge is 0.560 e. The van der Waals surface area contributed by atoms with Crippen molar-refractivity contribution < 1.29 is 9.45 Å². The zero-order chi connectivity index (χ0) is 8.69. The third-order valence-corrected chi connectivity index (χ3v) is 1.42. The predicted octanol–water partition coefficient (Wildman–Crippen LogP) is 0.728. The second kappa shape index (κ2) is 5.95. The number of carbonyl (C=O) groups is 1. The van der Waals surface area contributed by atoms with Crippen molar-refractivity contribution in [2.45, 2.75) is 26.3 Å². The molecule has 0 N–H and O–H groups in total. The van der Waals surface area contributed by atoms with Crippen LogP contribution in [-0.4, -0.2) is 26.8 Å². The molecule has 11 heavy (non-hydrogen) atoms. The zero-order valence-electron chi connectivity index (χ0n) is 6.86. The fraction of sp³-hybridized carbons (Fsp3) is 0.714. The van der Waals surface area contributed by atoms with E-state index in [0.29, 0.717) is 12.3 Å². The lowest BCUT2D eigenvalue weighted by Gasteiger charge is -2.11. The van der Waals surface area contributed by atoms with E-state index in [9.17, 15) is 4.79 Å². The van der Waals surface area contributed by atoms with E-state index in [0.717, 1.165) is 12.7 Å². The summed E-state index contributed by atoms with van der Waals surface area (Å²) in [5, 5.41) is 0. The topological polar surface area (TPSA) is 38.7 Å². The molecule has 0 amide bonds. The second-order valence-electron chi connectivity index (χ2n) is 2.60.